The van der Waals surface area contributed by atoms with Gasteiger partial charge in [0.2, 0.25) is 17.6 Å². The summed E-state index contributed by atoms with van der Waals surface area (Å²) in [5.41, 5.74) is 1.86. The number of aromatic nitrogens is 2. The Morgan fingerprint density at radius 2 is 2.04 bits per heavy atom. The number of anilines is 2. The van der Waals surface area contributed by atoms with Gasteiger partial charge in [0.15, 0.2) is 0 Å². The first-order valence-corrected chi connectivity index (χ1v) is 8.43. The Morgan fingerprint density at radius 3 is 2.71 bits per heavy atom. The number of thiophene rings is 1. The summed E-state index contributed by atoms with van der Waals surface area (Å²) >= 11 is 1.55. The number of hydrogen-bond donors (Lipinski definition) is 1. The summed E-state index contributed by atoms with van der Waals surface area (Å²) in [6, 6.07) is 11.6. The van der Waals surface area contributed by atoms with Gasteiger partial charge in [0.25, 0.3) is 0 Å². The maximum absolute atomic E-state index is 12.0. The van der Waals surface area contributed by atoms with Crippen molar-refractivity contribution in [2.75, 3.05) is 24.3 Å². The van der Waals surface area contributed by atoms with Gasteiger partial charge in [0, 0.05) is 38.3 Å². The average molecular weight is 342 g/mol. The van der Waals surface area contributed by atoms with E-state index in [2.05, 4.69) is 15.5 Å². The first-order chi connectivity index (χ1) is 11.6. The van der Waals surface area contributed by atoms with Crippen LogP contribution in [-0.2, 0) is 11.2 Å². The molecule has 7 heteroatoms. The molecule has 0 atom stereocenters. The number of benzene rings is 1. The van der Waals surface area contributed by atoms with Crippen molar-refractivity contribution in [2.45, 2.75) is 12.8 Å². The van der Waals surface area contributed by atoms with Gasteiger partial charge in [0.05, 0.1) is 4.88 Å². The molecule has 0 fully saturated rings. The van der Waals surface area contributed by atoms with E-state index in [4.69, 9.17) is 4.52 Å². The summed E-state index contributed by atoms with van der Waals surface area (Å²) in [6.07, 6.45) is 0.710. The fraction of sp³-hybridized carbons (Fsp3) is 0.235. The lowest BCUT2D eigenvalue weighted by atomic mass is 10.2. The second kappa shape index (κ2) is 7.27. The third-order valence-corrected chi connectivity index (χ3v) is 4.31. The average Bonchev–Trinajstić information content (AvgIpc) is 3.25. The van der Waals surface area contributed by atoms with Gasteiger partial charge < -0.3 is 14.7 Å². The number of aryl methyl sites for hydroxylation is 1. The summed E-state index contributed by atoms with van der Waals surface area (Å²) in [5, 5.41) is 8.76. The Balaban J connectivity index is 1.52. The molecule has 0 aliphatic carbocycles. The Labute approximate surface area is 144 Å². The van der Waals surface area contributed by atoms with Crippen LogP contribution in [0.5, 0.6) is 0 Å². The van der Waals surface area contributed by atoms with E-state index < -0.39 is 0 Å². The van der Waals surface area contributed by atoms with Crippen LogP contribution >= 0.6 is 11.3 Å². The Morgan fingerprint density at radius 1 is 1.25 bits per heavy atom. The van der Waals surface area contributed by atoms with Crippen LogP contribution in [-0.4, -0.2) is 30.1 Å². The molecule has 0 saturated carbocycles. The van der Waals surface area contributed by atoms with Gasteiger partial charge in [-0.05, 0) is 35.7 Å². The summed E-state index contributed by atoms with van der Waals surface area (Å²) in [4.78, 5) is 19.3. The SMILES string of the molecule is CN(C)c1ccc(NC(=O)CCc2nc(-c3cccs3)no2)cc1. The number of rotatable bonds is 6. The van der Waals surface area contributed by atoms with E-state index in [9.17, 15) is 4.79 Å². The molecule has 124 valence electrons. The summed E-state index contributed by atoms with van der Waals surface area (Å²) in [5.74, 6) is 0.958. The Bertz CT molecular complexity index is 794. The van der Waals surface area contributed by atoms with Crippen molar-refractivity contribution in [1.82, 2.24) is 10.1 Å². The monoisotopic (exact) mass is 342 g/mol. The summed E-state index contributed by atoms with van der Waals surface area (Å²) in [6.45, 7) is 0. The molecule has 0 aliphatic heterocycles. The molecule has 0 unspecified atom stereocenters. The van der Waals surface area contributed by atoms with Crippen LogP contribution in [0.1, 0.15) is 12.3 Å². The highest BCUT2D eigenvalue weighted by molar-refractivity contribution is 7.13. The van der Waals surface area contributed by atoms with Gasteiger partial charge in [0.1, 0.15) is 0 Å². The fourth-order valence-electron chi connectivity index (χ4n) is 2.15. The molecule has 0 radical (unpaired) electrons. The highest BCUT2D eigenvalue weighted by atomic mass is 32.1. The first kappa shape index (κ1) is 16.2. The van der Waals surface area contributed by atoms with Crippen LogP contribution in [0, 0.1) is 0 Å². The van der Waals surface area contributed by atoms with Gasteiger partial charge in [-0.1, -0.05) is 11.2 Å². The van der Waals surface area contributed by atoms with E-state index in [-0.39, 0.29) is 5.91 Å². The number of nitrogens with one attached hydrogen (secondary N) is 1. The predicted molar refractivity (Wildman–Crippen MR) is 95.3 cm³/mol. The lowest BCUT2D eigenvalue weighted by Crippen LogP contribution is -2.13. The second-order valence-corrected chi connectivity index (χ2v) is 6.43. The fourth-order valence-corrected chi connectivity index (χ4v) is 2.80. The number of carbonyl (C=O) groups is 1. The van der Waals surface area contributed by atoms with Crippen molar-refractivity contribution in [1.29, 1.82) is 0 Å². The zero-order chi connectivity index (χ0) is 16.9. The highest BCUT2D eigenvalue weighted by Gasteiger charge is 2.11. The Hall–Kier alpha value is -2.67. The van der Waals surface area contributed by atoms with Crippen molar-refractivity contribution in [3.05, 3.63) is 47.7 Å². The van der Waals surface area contributed by atoms with Crippen molar-refractivity contribution in [2.24, 2.45) is 0 Å². The molecule has 0 bridgehead atoms. The van der Waals surface area contributed by atoms with E-state index in [0.717, 1.165) is 16.3 Å². The van der Waals surface area contributed by atoms with Gasteiger partial charge in [-0.25, -0.2) is 0 Å². The van der Waals surface area contributed by atoms with Crippen molar-refractivity contribution >= 4 is 28.6 Å². The molecule has 3 aromatic rings. The standard InChI is InChI=1S/C17H18N4O2S/c1-21(2)13-7-5-12(6-8-13)18-15(22)9-10-16-19-17(20-23-16)14-4-3-11-24-14/h3-8,11H,9-10H2,1-2H3,(H,18,22). The number of carbonyl (C=O) groups excluding carboxylic acids is 1. The zero-order valence-corrected chi connectivity index (χ0v) is 14.3. The molecule has 3 rings (SSSR count). The molecule has 1 amide bonds. The van der Waals surface area contributed by atoms with Crippen LogP contribution < -0.4 is 10.2 Å². The lowest BCUT2D eigenvalue weighted by molar-refractivity contribution is -0.116. The molecule has 2 aromatic heterocycles. The minimum Gasteiger partial charge on any atom is -0.378 e. The molecular weight excluding hydrogens is 324 g/mol. The van der Waals surface area contributed by atoms with Crippen LogP contribution in [0.3, 0.4) is 0 Å². The molecule has 24 heavy (non-hydrogen) atoms. The third kappa shape index (κ3) is 3.99. The first-order valence-electron chi connectivity index (χ1n) is 7.55. The van der Waals surface area contributed by atoms with Crippen LogP contribution in [0.15, 0.2) is 46.3 Å². The van der Waals surface area contributed by atoms with E-state index in [0.29, 0.717) is 24.6 Å². The summed E-state index contributed by atoms with van der Waals surface area (Å²) in [7, 11) is 3.95. The summed E-state index contributed by atoms with van der Waals surface area (Å²) < 4.78 is 5.19. The number of amides is 1. The largest absolute Gasteiger partial charge is 0.378 e. The molecule has 2 heterocycles. The smallest absolute Gasteiger partial charge is 0.227 e. The molecule has 0 saturated heterocycles. The van der Waals surface area contributed by atoms with E-state index in [1.54, 1.807) is 11.3 Å². The maximum atomic E-state index is 12.0. The predicted octanol–water partition coefficient (Wildman–Crippen LogP) is 3.44. The normalized spacial score (nSPS) is 10.6. The molecular formula is C17H18N4O2S. The van der Waals surface area contributed by atoms with Crippen LogP contribution in [0.2, 0.25) is 0 Å². The van der Waals surface area contributed by atoms with Crippen molar-refractivity contribution in [3.63, 3.8) is 0 Å². The topological polar surface area (TPSA) is 71.3 Å². The van der Waals surface area contributed by atoms with Gasteiger partial charge in [-0.2, -0.15) is 4.98 Å². The van der Waals surface area contributed by atoms with Crippen molar-refractivity contribution < 1.29 is 9.32 Å². The molecule has 0 aliphatic rings. The van der Waals surface area contributed by atoms with E-state index >= 15 is 0 Å². The Kier molecular flexibility index (Phi) is 4.90. The van der Waals surface area contributed by atoms with Crippen LogP contribution in [0.4, 0.5) is 11.4 Å². The van der Waals surface area contributed by atoms with E-state index in [1.165, 1.54) is 0 Å². The van der Waals surface area contributed by atoms with E-state index in [1.807, 2.05) is 60.8 Å². The number of nitrogens with zero attached hydrogens (tertiary/aromatic N) is 3. The van der Waals surface area contributed by atoms with Gasteiger partial charge >= 0.3 is 0 Å². The van der Waals surface area contributed by atoms with Crippen LogP contribution in [0.25, 0.3) is 10.7 Å². The second-order valence-electron chi connectivity index (χ2n) is 5.48. The minimum absolute atomic E-state index is 0.0801. The molecule has 0 spiro atoms. The zero-order valence-electron chi connectivity index (χ0n) is 13.5. The quantitative estimate of drug-likeness (QED) is 0.743. The number of hydrogen-bond acceptors (Lipinski definition) is 6. The van der Waals surface area contributed by atoms with Gasteiger partial charge in [-0.3, -0.25) is 4.79 Å². The molecule has 6 nitrogen and oxygen atoms in total. The minimum atomic E-state index is -0.0801. The maximum Gasteiger partial charge on any atom is 0.227 e. The highest BCUT2D eigenvalue weighted by Crippen LogP contribution is 2.21. The molecule has 1 N–H and O–H groups in total. The van der Waals surface area contributed by atoms with Gasteiger partial charge in [-0.15, -0.1) is 11.3 Å². The third-order valence-electron chi connectivity index (χ3n) is 3.44. The molecule has 1 aromatic carbocycles. The lowest BCUT2D eigenvalue weighted by Gasteiger charge is -2.12. The van der Waals surface area contributed by atoms with Crippen molar-refractivity contribution in [3.8, 4) is 10.7 Å².